The molecule has 22 aromatic rings. The number of halogens is 1. The summed E-state index contributed by atoms with van der Waals surface area (Å²) >= 11 is 7.47. The maximum absolute atomic E-state index is 6.39. The number of rotatable bonds is 6. The standard InChI is InChI=1S/C55H36S.C33H31BO2.C28H17BrS/c1-55(2)50-30-33(25-26-40(50)49-31-47-38-18-7-3-14-34(38)35-15-4-8-19-39(35)48(47)32-51(49)55)53-42-20-9-11-22-44(42)54(45-23-12-10-21-43(45)53)46-28-27-41(52-24-13-29-56-52)36-16-5-6-17-37(36)46;1-31(2)29-17-20(34-35-32(3,4)33(5,6)36-34)15-16-25(29)28-18-26-23-13-9-7-11-21(23)22-12-8-10-14-24(22)27(26)19-30(28)31;29-28-24-12-5-3-10-21(24)27(22-11-4-6-13-25(22)28)23-16-15-20(26-14-7-17-30-26)18-8-1-2-9-19(18)23/h3-32H,1-2H3;7-19H,1-6H3;1-17H. The van der Waals surface area contributed by atoms with Crippen LogP contribution in [0.1, 0.15) is 77.6 Å². The molecule has 1 aliphatic heterocycles. The molecular weight excluding hydrogens is 1580 g/mol. The molecule has 3 heterocycles. The minimum Gasteiger partial charge on any atom is -0.399 e. The molecule has 2 nitrogen and oxygen atoms in total. The Bertz CT molecular complexity index is 8040. The van der Waals surface area contributed by atoms with E-state index in [4.69, 9.17) is 9.31 Å². The summed E-state index contributed by atoms with van der Waals surface area (Å²) in [6.45, 7) is 18.0. The van der Waals surface area contributed by atoms with E-state index in [-0.39, 0.29) is 29.2 Å². The summed E-state index contributed by atoms with van der Waals surface area (Å²) in [6.07, 6.45) is 0. The van der Waals surface area contributed by atoms with Crippen LogP contribution in [-0.4, -0.2) is 18.3 Å². The van der Waals surface area contributed by atoms with Crippen molar-refractivity contribution in [3.8, 4) is 76.5 Å². The van der Waals surface area contributed by atoms with Crippen molar-refractivity contribution in [1.29, 1.82) is 0 Å². The lowest BCUT2D eigenvalue weighted by Crippen LogP contribution is -2.41. The summed E-state index contributed by atoms with van der Waals surface area (Å²) < 4.78 is 13.9. The number of thiophene rings is 2. The molecule has 0 saturated carbocycles. The van der Waals surface area contributed by atoms with Crippen molar-refractivity contribution in [2.45, 2.75) is 77.4 Å². The van der Waals surface area contributed by atoms with E-state index in [1.54, 1.807) is 22.7 Å². The first-order valence-corrected chi connectivity index (χ1v) is 45.1. The molecule has 0 spiro atoms. The summed E-state index contributed by atoms with van der Waals surface area (Å²) in [5.74, 6) is 0. The Morgan fingerprint density at radius 2 is 0.492 bits per heavy atom. The SMILES string of the molecule is Brc1c2ccccc2c(-c2ccc(-c3cccs3)c3ccccc23)c2ccccc12.CC1(C)c2cc(-c3c4ccccc4c(-c4ccc(-c5cccs5)c5ccccc45)c4ccccc34)ccc2-c2cc3c4ccccc4c4ccccc4c3cc21.CC1(C)c2cc(B3OC(C)(C)C(C)(C)O3)ccc2-c2cc3c4ccccc4c4ccccc4c3cc21. The third-order valence-corrected chi connectivity index (χ3v) is 30.3. The van der Waals surface area contributed by atoms with Crippen LogP contribution in [-0.2, 0) is 20.1 Å². The van der Waals surface area contributed by atoms with Gasteiger partial charge in [-0.3, -0.25) is 0 Å². The fourth-order valence-corrected chi connectivity index (χ4v) is 23.2. The van der Waals surface area contributed by atoms with Gasteiger partial charge in [-0.1, -0.05) is 337 Å². The van der Waals surface area contributed by atoms with Gasteiger partial charge in [0, 0.05) is 25.1 Å². The second-order valence-corrected chi connectivity index (χ2v) is 38.1. The molecule has 2 aromatic heterocycles. The second-order valence-electron chi connectivity index (χ2n) is 35.5. The third kappa shape index (κ3) is 11.4. The van der Waals surface area contributed by atoms with Crippen LogP contribution in [0, 0.1) is 0 Å². The van der Waals surface area contributed by atoms with Gasteiger partial charge in [-0.2, -0.15) is 0 Å². The molecule has 6 heteroatoms. The lowest BCUT2D eigenvalue weighted by Gasteiger charge is -2.32. The Morgan fingerprint density at radius 3 is 0.852 bits per heavy atom. The van der Waals surface area contributed by atoms with Gasteiger partial charge in [0.25, 0.3) is 0 Å². The maximum atomic E-state index is 6.39. The van der Waals surface area contributed by atoms with Crippen LogP contribution < -0.4 is 5.46 Å². The number of fused-ring (bicyclic) bond motifs is 24. The molecule has 0 radical (unpaired) electrons. The molecule has 2 aliphatic carbocycles. The van der Waals surface area contributed by atoms with Crippen LogP contribution in [0.15, 0.2) is 367 Å². The van der Waals surface area contributed by atoms with Crippen molar-refractivity contribution in [3.05, 3.63) is 389 Å². The molecule has 3 aliphatic rings. The molecule has 20 aromatic carbocycles. The Morgan fingerprint density at radius 1 is 0.221 bits per heavy atom. The van der Waals surface area contributed by atoms with Gasteiger partial charge < -0.3 is 9.31 Å². The minimum absolute atomic E-state index is 0.120. The van der Waals surface area contributed by atoms with Gasteiger partial charge >= 0.3 is 7.12 Å². The summed E-state index contributed by atoms with van der Waals surface area (Å²) in [4.78, 5) is 2.61. The Labute approximate surface area is 727 Å². The Balaban J connectivity index is 0.000000113. The van der Waals surface area contributed by atoms with E-state index in [0.29, 0.717) is 0 Å². The molecule has 0 N–H and O–H groups in total. The first kappa shape index (κ1) is 74.4. The predicted molar refractivity (Wildman–Crippen MR) is 531 cm³/mol. The van der Waals surface area contributed by atoms with Crippen LogP contribution in [0.5, 0.6) is 0 Å². The van der Waals surface area contributed by atoms with Crippen LogP contribution in [0.2, 0.25) is 0 Å². The van der Waals surface area contributed by atoms with Gasteiger partial charge in [0.15, 0.2) is 0 Å². The van der Waals surface area contributed by atoms with Gasteiger partial charge in [0.05, 0.1) is 11.2 Å². The van der Waals surface area contributed by atoms with E-state index in [9.17, 15) is 0 Å². The number of benzene rings is 20. The highest BCUT2D eigenvalue weighted by Crippen LogP contribution is 2.57. The Kier molecular flexibility index (Phi) is 17.2. The van der Waals surface area contributed by atoms with E-state index < -0.39 is 0 Å². The molecule has 122 heavy (non-hydrogen) atoms. The monoisotopic (exact) mass is 1660 g/mol. The predicted octanol–water partition coefficient (Wildman–Crippen LogP) is 33.0. The van der Waals surface area contributed by atoms with E-state index >= 15 is 0 Å². The zero-order valence-corrected chi connectivity index (χ0v) is 72.4. The van der Waals surface area contributed by atoms with Gasteiger partial charge in [-0.15, -0.1) is 22.7 Å². The molecule has 0 unspecified atom stereocenters. The third-order valence-electron chi connectivity index (χ3n) is 27.7. The molecule has 0 atom stereocenters. The molecule has 1 saturated heterocycles. The van der Waals surface area contributed by atoms with Crippen LogP contribution in [0.25, 0.3) is 206 Å². The van der Waals surface area contributed by atoms with Crippen molar-refractivity contribution in [3.63, 3.8) is 0 Å². The second kappa shape index (κ2) is 28.2. The molecule has 25 rings (SSSR count). The highest BCUT2D eigenvalue weighted by molar-refractivity contribution is 9.10. The summed E-state index contributed by atoms with van der Waals surface area (Å²) in [6, 6.07) is 131. The molecule has 0 bridgehead atoms. The van der Waals surface area contributed by atoms with E-state index in [2.05, 4.69) is 434 Å². The van der Waals surface area contributed by atoms with Crippen molar-refractivity contribution in [2.75, 3.05) is 0 Å². The first-order chi connectivity index (χ1) is 59.5. The average molecular weight is 1660 g/mol. The van der Waals surface area contributed by atoms with Crippen molar-refractivity contribution in [2.24, 2.45) is 0 Å². The largest absolute Gasteiger partial charge is 0.494 e. The quantitative estimate of drug-likeness (QED) is 0.0938. The number of hydrogen-bond donors (Lipinski definition) is 0. The van der Waals surface area contributed by atoms with Crippen molar-refractivity contribution in [1.82, 2.24) is 0 Å². The van der Waals surface area contributed by atoms with Gasteiger partial charge in [-0.05, 0) is 321 Å². The zero-order chi connectivity index (χ0) is 82.2. The van der Waals surface area contributed by atoms with Crippen LogP contribution in [0.3, 0.4) is 0 Å². The molecule has 1 fully saturated rings. The normalized spacial score (nSPS) is 14.6. The van der Waals surface area contributed by atoms with Gasteiger partial charge in [0.2, 0.25) is 0 Å². The smallest absolute Gasteiger partial charge is 0.399 e. The maximum Gasteiger partial charge on any atom is 0.494 e. The van der Waals surface area contributed by atoms with Crippen molar-refractivity contribution >= 4 is 180 Å². The van der Waals surface area contributed by atoms with E-state index in [1.807, 2.05) is 0 Å². The molecule has 582 valence electrons. The fraction of sp³-hybridized carbons (Fsp3) is 0.103. The highest BCUT2D eigenvalue weighted by atomic mass is 79.9. The van der Waals surface area contributed by atoms with Crippen LogP contribution in [0.4, 0.5) is 0 Å². The lowest BCUT2D eigenvalue weighted by atomic mass is 9.74. The summed E-state index contributed by atoms with van der Waals surface area (Å²) in [5.41, 5.74) is 21.3. The average Bonchev–Trinajstić information content (AvgIpc) is 1.57. The molecular formula is C116H84BBrO2S2. The Hall–Kier alpha value is -12.6. The minimum atomic E-state index is -0.355. The molecule has 0 amide bonds. The lowest BCUT2D eigenvalue weighted by molar-refractivity contribution is 0.00578. The highest BCUT2D eigenvalue weighted by Gasteiger charge is 2.52. The first-order valence-electron chi connectivity index (χ1n) is 42.5. The van der Waals surface area contributed by atoms with E-state index in [0.717, 1.165) is 9.94 Å². The topological polar surface area (TPSA) is 18.5 Å². The summed E-state index contributed by atoms with van der Waals surface area (Å²) in [5, 5.41) is 35.5. The fourth-order valence-electron chi connectivity index (χ4n) is 21.0. The number of hydrogen-bond acceptors (Lipinski definition) is 4. The van der Waals surface area contributed by atoms with Crippen molar-refractivity contribution < 1.29 is 9.31 Å². The van der Waals surface area contributed by atoms with Crippen LogP contribution >= 0.6 is 38.6 Å². The zero-order valence-electron chi connectivity index (χ0n) is 69.2. The van der Waals surface area contributed by atoms with Gasteiger partial charge in [0.1, 0.15) is 0 Å². The van der Waals surface area contributed by atoms with E-state index in [1.165, 1.54) is 228 Å². The van der Waals surface area contributed by atoms with Gasteiger partial charge in [-0.25, -0.2) is 0 Å². The summed E-state index contributed by atoms with van der Waals surface area (Å²) in [7, 11) is -0.355.